The summed E-state index contributed by atoms with van der Waals surface area (Å²) in [7, 11) is 0. The Morgan fingerprint density at radius 1 is 1.44 bits per heavy atom. The molecule has 0 amide bonds. The van der Waals surface area contributed by atoms with Gasteiger partial charge in [0.1, 0.15) is 6.26 Å². The molecule has 0 spiro atoms. The first kappa shape index (κ1) is 10.8. The first-order valence-electron chi connectivity index (χ1n) is 2.81. The topological polar surface area (TPSA) is 21.6 Å². The van der Waals surface area contributed by atoms with Crippen LogP contribution in [0, 0.1) is 0 Å². The zero-order chi connectivity index (χ0) is 7.54. The molecule has 0 aliphatic carbocycles. The van der Waals surface area contributed by atoms with Gasteiger partial charge in [-0.2, -0.15) is 0 Å². The lowest BCUT2D eigenvalue weighted by molar-refractivity contribution is 0.272. The molecule has 2 nitrogen and oxygen atoms in total. The van der Waals surface area contributed by atoms with Crippen LogP contribution < -0.4 is 0 Å². The maximum absolute atomic E-state index is 4.34. The van der Waals surface area contributed by atoms with Crippen LogP contribution in [0.4, 0.5) is 0 Å². The fourth-order valence-electron chi connectivity index (χ4n) is 0.134. The van der Waals surface area contributed by atoms with Crippen molar-refractivity contribution < 1.29 is 4.84 Å². The highest BCUT2D eigenvalue weighted by molar-refractivity contribution is 5.21. The van der Waals surface area contributed by atoms with Gasteiger partial charge in [0.05, 0.1) is 0 Å². The highest BCUT2D eigenvalue weighted by Gasteiger charge is 1.57. The van der Waals surface area contributed by atoms with Crippen LogP contribution in [0.25, 0.3) is 0 Å². The summed E-state index contributed by atoms with van der Waals surface area (Å²) in [6, 6.07) is 0. The minimum absolute atomic E-state index is 1.39. The fourth-order valence-corrected chi connectivity index (χ4v) is 0.134. The summed E-state index contributed by atoms with van der Waals surface area (Å²) < 4.78 is 0. The van der Waals surface area contributed by atoms with Gasteiger partial charge in [-0.05, 0) is 6.08 Å². The molecule has 0 aromatic heterocycles. The van der Waals surface area contributed by atoms with E-state index in [0.29, 0.717) is 0 Å². The lowest BCUT2D eigenvalue weighted by atomic mass is 10.6. The third kappa shape index (κ3) is 19.6. The second kappa shape index (κ2) is 15.8. The molecule has 9 heavy (non-hydrogen) atoms. The van der Waals surface area contributed by atoms with Crippen LogP contribution in [0.5, 0.6) is 0 Å². The molecule has 0 saturated carbocycles. The molecule has 0 bridgehead atoms. The molecule has 0 aliphatic heterocycles. The van der Waals surface area contributed by atoms with Gasteiger partial charge in [-0.25, -0.2) is 0 Å². The number of oxime groups is 1. The first-order chi connectivity index (χ1) is 4.41. The van der Waals surface area contributed by atoms with Crippen LogP contribution in [0.3, 0.4) is 0 Å². The van der Waals surface area contributed by atoms with Crippen LogP contribution >= 0.6 is 0 Å². The SMILES string of the molecule is C=C/C=C\ON=C.CC. The number of nitrogens with zero attached hydrogens (tertiary/aromatic N) is 1. The van der Waals surface area contributed by atoms with E-state index in [9.17, 15) is 0 Å². The van der Waals surface area contributed by atoms with Crippen molar-refractivity contribution in [2.24, 2.45) is 5.16 Å². The molecular weight excluding hydrogens is 114 g/mol. The first-order valence-corrected chi connectivity index (χ1v) is 2.81. The van der Waals surface area contributed by atoms with Gasteiger partial charge in [0.15, 0.2) is 0 Å². The van der Waals surface area contributed by atoms with E-state index in [-0.39, 0.29) is 0 Å². The molecule has 0 aliphatic rings. The van der Waals surface area contributed by atoms with Crippen molar-refractivity contribution in [3.05, 3.63) is 25.0 Å². The van der Waals surface area contributed by atoms with Gasteiger partial charge in [-0.1, -0.05) is 31.7 Å². The predicted molar refractivity (Wildman–Crippen MR) is 41.3 cm³/mol. The van der Waals surface area contributed by atoms with Crippen LogP contribution in [-0.2, 0) is 4.84 Å². The zero-order valence-corrected chi connectivity index (χ0v) is 6.00. The Balaban J connectivity index is 0. The summed E-state index contributed by atoms with van der Waals surface area (Å²) in [4.78, 5) is 4.34. The molecule has 0 saturated heterocycles. The largest absolute Gasteiger partial charge is 0.365 e. The van der Waals surface area contributed by atoms with E-state index >= 15 is 0 Å². The highest BCUT2D eigenvalue weighted by Crippen LogP contribution is 1.74. The predicted octanol–water partition coefficient (Wildman–Crippen LogP) is 2.34. The summed E-state index contributed by atoms with van der Waals surface area (Å²) >= 11 is 0. The van der Waals surface area contributed by atoms with Crippen molar-refractivity contribution in [1.82, 2.24) is 0 Å². The molecule has 0 unspecified atom stereocenters. The summed E-state index contributed by atoms with van der Waals surface area (Å²) in [5.74, 6) is 0. The van der Waals surface area contributed by atoms with Crippen molar-refractivity contribution in [2.75, 3.05) is 0 Å². The second-order valence-electron chi connectivity index (χ2n) is 0.799. The average Bonchev–Trinajstić information content (AvgIpc) is 1.94. The minimum atomic E-state index is 1.39. The van der Waals surface area contributed by atoms with Gasteiger partial charge in [-0.15, -0.1) is 0 Å². The van der Waals surface area contributed by atoms with Crippen LogP contribution in [0.2, 0.25) is 0 Å². The van der Waals surface area contributed by atoms with Gasteiger partial charge in [0, 0.05) is 6.72 Å². The second-order valence-corrected chi connectivity index (χ2v) is 0.799. The fraction of sp³-hybridized carbons (Fsp3) is 0.286. The summed E-state index contributed by atoms with van der Waals surface area (Å²) in [5, 5.41) is 3.09. The van der Waals surface area contributed by atoms with Crippen molar-refractivity contribution in [3.63, 3.8) is 0 Å². The highest BCUT2D eigenvalue weighted by atomic mass is 16.6. The van der Waals surface area contributed by atoms with Gasteiger partial charge in [0.2, 0.25) is 0 Å². The third-order valence-corrected chi connectivity index (χ3v) is 0.350. The van der Waals surface area contributed by atoms with Crippen molar-refractivity contribution >= 4 is 6.72 Å². The Morgan fingerprint density at radius 3 is 2.33 bits per heavy atom. The molecule has 0 radical (unpaired) electrons. The van der Waals surface area contributed by atoms with E-state index in [1.54, 1.807) is 12.2 Å². The molecule has 0 aromatic carbocycles. The van der Waals surface area contributed by atoms with Crippen molar-refractivity contribution in [3.8, 4) is 0 Å². The Labute approximate surface area is 56.5 Å². The monoisotopic (exact) mass is 127 g/mol. The molecule has 0 atom stereocenters. The van der Waals surface area contributed by atoms with E-state index in [1.165, 1.54) is 6.26 Å². The number of rotatable bonds is 3. The van der Waals surface area contributed by atoms with E-state index in [2.05, 4.69) is 23.3 Å². The molecule has 2 heteroatoms. The summed E-state index contributed by atoms with van der Waals surface area (Å²) in [6.07, 6.45) is 4.60. The maximum Gasteiger partial charge on any atom is 0.122 e. The van der Waals surface area contributed by atoms with E-state index in [0.717, 1.165) is 0 Å². The van der Waals surface area contributed by atoms with Crippen molar-refractivity contribution in [1.29, 1.82) is 0 Å². The quantitative estimate of drug-likeness (QED) is 0.247. The molecule has 0 aromatic rings. The maximum atomic E-state index is 4.34. The zero-order valence-electron chi connectivity index (χ0n) is 6.00. The smallest absolute Gasteiger partial charge is 0.122 e. The molecule has 0 heterocycles. The standard InChI is InChI=1S/C5H7NO.C2H6/c1-3-4-5-7-6-2;1-2/h3-5H,1-2H2;1-2H3/b5-4-;. The van der Waals surface area contributed by atoms with Gasteiger partial charge >= 0.3 is 0 Å². The van der Waals surface area contributed by atoms with E-state index < -0.39 is 0 Å². The number of hydrogen-bond acceptors (Lipinski definition) is 2. The van der Waals surface area contributed by atoms with E-state index in [1.807, 2.05) is 13.8 Å². The molecule has 0 N–H and O–H groups in total. The summed E-state index contributed by atoms with van der Waals surface area (Å²) in [6.45, 7) is 10.5. The number of hydrogen-bond donors (Lipinski definition) is 0. The molecule has 52 valence electrons. The van der Waals surface area contributed by atoms with Crippen LogP contribution in [0.1, 0.15) is 13.8 Å². The van der Waals surface area contributed by atoms with Gasteiger partial charge in [0.25, 0.3) is 0 Å². The van der Waals surface area contributed by atoms with Crippen LogP contribution in [0.15, 0.2) is 30.1 Å². The van der Waals surface area contributed by atoms with E-state index in [4.69, 9.17) is 0 Å². The lowest BCUT2D eigenvalue weighted by Crippen LogP contribution is -1.58. The lowest BCUT2D eigenvalue weighted by Gasteiger charge is -1.78. The molecule has 0 fully saturated rings. The molecular formula is C7H13NO. The number of allylic oxidation sites excluding steroid dienone is 2. The Hall–Kier alpha value is -1.05. The van der Waals surface area contributed by atoms with Crippen LogP contribution in [-0.4, -0.2) is 6.72 Å². The van der Waals surface area contributed by atoms with Crippen molar-refractivity contribution in [2.45, 2.75) is 13.8 Å². The average molecular weight is 127 g/mol. The summed E-state index contributed by atoms with van der Waals surface area (Å²) in [5.41, 5.74) is 0. The molecule has 0 rings (SSSR count). The Bertz CT molecular complexity index is 86.9. The Morgan fingerprint density at radius 2 is 2.00 bits per heavy atom. The normalized spacial score (nSPS) is 7.33. The third-order valence-electron chi connectivity index (χ3n) is 0.350. The van der Waals surface area contributed by atoms with Gasteiger partial charge in [-0.3, -0.25) is 0 Å². The van der Waals surface area contributed by atoms with Gasteiger partial charge < -0.3 is 4.84 Å². The Kier molecular flexibility index (Phi) is 19.0. The minimum Gasteiger partial charge on any atom is -0.365 e.